The Morgan fingerprint density at radius 2 is 1.91 bits per heavy atom. The van der Waals surface area contributed by atoms with Crippen LogP contribution in [-0.2, 0) is 9.53 Å². The Labute approximate surface area is 68.3 Å². The predicted molar refractivity (Wildman–Crippen MR) is 44.6 cm³/mol. The van der Waals surface area contributed by atoms with Crippen LogP contribution in [0.2, 0.25) is 0 Å². The maximum Gasteiger partial charge on any atom is 0.177 e. The number of carbonyl (C=O) groups is 1. The van der Waals surface area contributed by atoms with Crippen molar-refractivity contribution in [1.29, 1.82) is 0 Å². The fraction of sp³-hybridized carbons (Fsp3) is 0.875. The average molecular weight is 159 g/mol. The quantitative estimate of drug-likeness (QED) is 0.599. The maximum absolute atomic E-state index is 11.3. The number of ether oxygens (including phenoxy) is 1. The minimum atomic E-state index is -0.421. The molecular weight excluding hydrogens is 142 g/mol. The zero-order chi connectivity index (χ0) is 9.07. The summed E-state index contributed by atoms with van der Waals surface area (Å²) in [6.45, 7) is 3.95. The van der Waals surface area contributed by atoms with E-state index in [-0.39, 0.29) is 12.4 Å². The molecule has 0 aliphatic heterocycles. The lowest BCUT2D eigenvalue weighted by atomic mass is 9.98. The van der Waals surface area contributed by atoms with E-state index < -0.39 is 5.54 Å². The lowest BCUT2D eigenvalue weighted by molar-refractivity contribution is -0.131. The van der Waals surface area contributed by atoms with E-state index in [0.717, 1.165) is 0 Å². The topological polar surface area (TPSA) is 29.5 Å². The first-order valence-corrected chi connectivity index (χ1v) is 3.62. The van der Waals surface area contributed by atoms with E-state index in [1.54, 1.807) is 0 Å². The minimum absolute atomic E-state index is 0.102. The first-order valence-electron chi connectivity index (χ1n) is 3.62. The number of rotatable bonds is 4. The summed E-state index contributed by atoms with van der Waals surface area (Å²) in [5.74, 6) is 0.102. The summed E-state index contributed by atoms with van der Waals surface area (Å²) in [5.41, 5.74) is -0.421. The average Bonchev–Trinajstić information content (AvgIpc) is 1.88. The van der Waals surface area contributed by atoms with Gasteiger partial charge in [-0.3, -0.25) is 9.69 Å². The third kappa shape index (κ3) is 2.60. The summed E-state index contributed by atoms with van der Waals surface area (Å²) in [6, 6.07) is 0. The second-order valence-electron chi connectivity index (χ2n) is 3.31. The Hall–Kier alpha value is -0.410. The number of carbonyl (C=O) groups excluding carboxylic acids is 1. The molecule has 0 rings (SSSR count). The number of nitrogens with zero attached hydrogens (tertiary/aromatic N) is 1. The molecule has 0 aromatic heterocycles. The Kier molecular flexibility index (Phi) is 3.69. The first-order chi connectivity index (χ1) is 4.92. The van der Waals surface area contributed by atoms with E-state index in [2.05, 4.69) is 0 Å². The maximum atomic E-state index is 11.3. The van der Waals surface area contributed by atoms with Crippen molar-refractivity contribution in [3.05, 3.63) is 0 Å². The van der Waals surface area contributed by atoms with Gasteiger partial charge in [0, 0.05) is 7.11 Å². The molecule has 0 aliphatic carbocycles. The Balaban J connectivity index is 4.18. The van der Waals surface area contributed by atoms with Crippen LogP contribution in [0, 0.1) is 0 Å². The van der Waals surface area contributed by atoms with Gasteiger partial charge in [0.15, 0.2) is 5.78 Å². The third-order valence-electron chi connectivity index (χ3n) is 2.08. The van der Waals surface area contributed by atoms with Crippen molar-refractivity contribution in [3.8, 4) is 0 Å². The largest absolute Gasteiger partial charge is 0.377 e. The summed E-state index contributed by atoms with van der Waals surface area (Å²) in [5, 5.41) is 0. The van der Waals surface area contributed by atoms with Crippen LogP contribution in [0.3, 0.4) is 0 Å². The highest BCUT2D eigenvalue weighted by molar-refractivity contribution is 5.88. The number of hydrogen-bond acceptors (Lipinski definition) is 3. The van der Waals surface area contributed by atoms with Crippen LogP contribution in [0.5, 0.6) is 0 Å². The molecule has 0 aliphatic rings. The van der Waals surface area contributed by atoms with Crippen molar-refractivity contribution in [1.82, 2.24) is 4.90 Å². The van der Waals surface area contributed by atoms with Gasteiger partial charge in [-0.1, -0.05) is 0 Å². The zero-order valence-corrected chi connectivity index (χ0v) is 7.97. The fourth-order valence-corrected chi connectivity index (χ4v) is 0.557. The zero-order valence-electron chi connectivity index (χ0n) is 7.97. The number of likely N-dealkylation sites (N-methyl/N-ethyl adjacent to an activating group) is 1. The lowest BCUT2D eigenvalue weighted by Gasteiger charge is -2.30. The number of methoxy groups -OCH3 is 1. The molecule has 0 heterocycles. The summed E-state index contributed by atoms with van der Waals surface area (Å²) >= 11 is 0. The molecule has 0 aromatic rings. The Morgan fingerprint density at radius 3 is 2.18 bits per heavy atom. The molecule has 0 saturated carbocycles. The molecular formula is C8H17NO2. The molecule has 0 radical (unpaired) electrons. The van der Waals surface area contributed by atoms with E-state index in [1.165, 1.54) is 7.11 Å². The standard InChI is InChI=1S/C8H17NO2/c1-8(2,9(3)4)7(10)6-11-5/h6H2,1-5H3. The van der Waals surface area contributed by atoms with Crippen molar-refractivity contribution in [2.75, 3.05) is 27.8 Å². The summed E-state index contributed by atoms with van der Waals surface area (Å²) in [6.07, 6.45) is 0. The van der Waals surface area contributed by atoms with E-state index >= 15 is 0 Å². The van der Waals surface area contributed by atoms with Crippen molar-refractivity contribution >= 4 is 5.78 Å². The van der Waals surface area contributed by atoms with Crippen LogP contribution < -0.4 is 0 Å². The summed E-state index contributed by atoms with van der Waals surface area (Å²) in [7, 11) is 5.30. The number of Topliss-reactive ketones (excluding diaryl/α,β-unsaturated/α-hetero) is 1. The number of hydrogen-bond donors (Lipinski definition) is 0. The lowest BCUT2D eigenvalue weighted by Crippen LogP contribution is -2.47. The van der Waals surface area contributed by atoms with Gasteiger partial charge in [-0.15, -0.1) is 0 Å². The van der Waals surface area contributed by atoms with Crippen LogP contribution in [0.1, 0.15) is 13.8 Å². The van der Waals surface area contributed by atoms with Gasteiger partial charge in [0.05, 0.1) is 5.54 Å². The van der Waals surface area contributed by atoms with Crippen LogP contribution >= 0.6 is 0 Å². The number of ketones is 1. The molecule has 0 bridgehead atoms. The predicted octanol–water partition coefficient (Wildman–Crippen LogP) is 0.542. The van der Waals surface area contributed by atoms with E-state index in [4.69, 9.17) is 4.74 Å². The van der Waals surface area contributed by atoms with Crippen molar-refractivity contribution in [2.24, 2.45) is 0 Å². The van der Waals surface area contributed by atoms with Crippen molar-refractivity contribution in [2.45, 2.75) is 19.4 Å². The van der Waals surface area contributed by atoms with Gasteiger partial charge in [0.2, 0.25) is 0 Å². The second kappa shape index (κ2) is 3.83. The highest BCUT2D eigenvalue weighted by atomic mass is 16.5. The minimum Gasteiger partial charge on any atom is -0.377 e. The van der Waals surface area contributed by atoms with Gasteiger partial charge in [-0.05, 0) is 27.9 Å². The molecule has 0 spiro atoms. The van der Waals surface area contributed by atoms with Crippen molar-refractivity contribution < 1.29 is 9.53 Å². The molecule has 3 nitrogen and oxygen atoms in total. The van der Waals surface area contributed by atoms with Gasteiger partial charge in [-0.25, -0.2) is 0 Å². The van der Waals surface area contributed by atoms with Crippen LogP contribution in [0.25, 0.3) is 0 Å². The molecule has 0 fully saturated rings. The monoisotopic (exact) mass is 159 g/mol. The molecule has 0 unspecified atom stereocenters. The van der Waals surface area contributed by atoms with Gasteiger partial charge in [0.1, 0.15) is 6.61 Å². The highest BCUT2D eigenvalue weighted by Crippen LogP contribution is 2.10. The van der Waals surface area contributed by atoms with E-state index in [9.17, 15) is 4.79 Å². The van der Waals surface area contributed by atoms with Gasteiger partial charge >= 0.3 is 0 Å². The van der Waals surface area contributed by atoms with E-state index in [1.807, 2.05) is 32.8 Å². The molecule has 0 aromatic carbocycles. The fourth-order valence-electron chi connectivity index (χ4n) is 0.557. The molecule has 11 heavy (non-hydrogen) atoms. The molecule has 0 saturated heterocycles. The third-order valence-corrected chi connectivity index (χ3v) is 2.08. The molecule has 3 heteroatoms. The van der Waals surface area contributed by atoms with Crippen LogP contribution in [0.4, 0.5) is 0 Å². The molecule has 0 N–H and O–H groups in total. The van der Waals surface area contributed by atoms with Crippen LogP contribution in [0.15, 0.2) is 0 Å². The Morgan fingerprint density at radius 1 is 1.45 bits per heavy atom. The van der Waals surface area contributed by atoms with E-state index in [0.29, 0.717) is 0 Å². The molecule has 0 atom stereocenters. The first kappa shape index (κ1) is 10.6. The van der Waals surface area contributed by atoms with Gasteiger partial charge < -0.3 is 4.74 Å². The molecule has 66 valence electrons. The van der Waals surface area contributed by atoms with Gasteiger partial charge in [-0.2, -0.15) is 0 Å². The SMILES string of the molecule is COCC(=O)C(C)(C)N(C)C. The van der Waals surface area contributed by atoms with Gasteiger partial charge in [0.25, 0.3) is 0 Å². The Bertz CT molecular complexity index is 141. The summed E-state index contributed by atoms with van der Waals surface area (Å²) in [4.78, 5) is 13.2. The van der Waals surface area contributed by atoms with Crippen molar-refractivity contribution in [3.63, 3.8) is 0 Å². The smallest absolute Gasteiger partial charge is 0.177 e. The normalized spacial score (nSPS) is 12.2. The molecule has 0 amide bonds. The summed E-state index contributed by atoms with van der Waals surface area (Å²) < 4.78 is 4.76. The highest BCUT2D eigenvalue weighted by Gasteiger charge is 2.28. The second-order valence-corrected chi connectivity index (χ2v) is 3.31. The van der Waals surface area contributed by atoms with Crippen LogP contribution in [-0.4, -0.2) is 44.0 Å².